The second-order valence-corrected chi connectivity index (χ2v) is 4.11. The van der Waals surface area contributed by atoms with E-state index in [1.54, 1.807) is 6.07 Å². The number of rotatable bonds is 6. The maximum Gasteiger partial charge on any atom is 0.213 e. The Balaban J connectivity index is 2.02. The predicted molar refractivity (Wildman–Crippen MR) is 67.1 cm³/mol. The van der Waals surface area contributed by atoms with E-state index < -0.39 is 5.82 Å². The summed E-state index contributed by atoms with van der Waals surface area (Å²) in [6.45, 7) is 4.90. The van der Waals surface area contributed by atoms with Gasteiger partial charge in [-0.25, -0.2) is 4.39 Å². The molecule has 19 heavy (non-hydrogen) atoms. The van der Waals surface area contributed by atoms with Gasteiger partial charge in [-0.15, -0.1) is 0 Å². The van der Waals surface area contributed by atoms with Crippen LogP contribution in [0.1, 0.15) is 31.3 Å². The number of halogens is 1. The number of hydrogen-bond donors (Lipinski definition) is 1. The fourth-order valence-corrected chi connectivity index (χ4v) is 1.73. The van der Waals surface area contributed by atoms with E-state index in [4.69, 9.17) is 4.74 Å². The van der Waals surface area contributed by atoms with Crippen molar-refractivity contribution >= 4 is 0 Å². The molecule has 1 N–H and O–H groups in total. The number of nitrogens with zero attached hydrogens (tertiary/aromatic N) is 2. The first-order valence-electron chi connectivity index (χ1n) is 6.11. The molecule has 0 saturated heterocycles. The zero-order valence-corrected chi connectivity index (χ0v) is 10.9. The summed E-state index contributed by atoms with van der Waals surface area (Å²) in [7, 11) is 0. The maximum atomic E-state index is 13.9. The van der Waals surface area contributed by atoms with E-state index >= 15 is 0 Å². The van der Waals surface area contributed by atoms with Crippen molar-refractivity contribution < 1.29 is 13.7 Å². The maximum absolute atomic E-state index is 13.9. The summed E-state index contributed by atoms with van der Waals surface area (Å²) in [5.74, 6) is 0.160. The van der Waals surface area contributed by atoms with Crippen LogP contribution in [0.4, 0.5) is 4.39 Å². The second kappa shape index (κ2) is 6.29. The molecular formula is C13H16FN3O2. The Labute approximate surface area is 110 Å². The topological polar surface area (TPSA) is 60.2 Å². The van der Waals surface area contributed by atoms with Crippen molar-refractivity contribution in [3.05, 3.63) is 41.8 Å². The number of benzene rings is 1. The average Bonchev–Trinajstić information content (AvgIpc) is 2.90. The number of ether oxygens (including phenoxy) is 1. The van der Waals surface area contributed by atoms with Gasteiger partial charge in [0.05, 0.1) is 0 Å². The molecule has 5 nitrogen and oxygen atoms in total. The number of aromatic nitrogens is 2. The van der Waals surface area contributed by atoms with Crippen LogP contribution < -0.4 is 10.1 Å². The first-order chi connectivity index (χ1) is 9.20. The Morgan fingerprint density at radius 1 is 1.47 bits per heavy atom. The fraction of sp³-hybridized carbons (Fsp3) is 0.385. The van der Waals surface area contributed by atoms with E-state index in [0.717, 1.165) is 12.1 Å². The molecule has 0 spiro atoms. The van der Waals surface area contributed by atoms with Crippen LogP contribution in [0.5, 0.6) is 5.75 Å². The van der Waals surface area contributed by atoms with Gasteiger partial charge in [0.15, 0.2) is 18.2 Å². The van der Waals surface area contributed by atoms with Crippen LogP contribution in [0, 0.1) is 5.82 Å². The minimum atomic E-state index is -0.397. The lowest BCUT2D eigenvalue weighted by Crippen LogP contribution is -2.17. The number of hydrogen-bond acceptors (Lipinski definition) is 5. The molecule has 1 heterocycles. The summed E-state index contributed by atoms with van der Waals surface area (Å²) in [6, 6.07) is 5.02. The molecule has 1 unspecified atom stereocenters. The zero-order chi connectivity index (χ0) is 13.7. The van der Waals surface area contributed by atoms with Gasteiger partial charge >= 0.3 is 0 Å². The SMILES string of the molecule is CCNC(C)c1ccc(OCc2ncon2)c(F)c1. The summed E-state index contributed by atoms with van der Waals surface area (Å²) in [5.41, 5.74) is 0.881. The van der Waals surface area contributed by atoms with Crippen molar-refractivity contribution in [2.24, 2.45) is 0 Å². The van der Waals surface area contributed by atoms with Crippen LogP contribution in [-0.4, -0.2) is 16.7 Å². The molecule has 0 bridgehead atoms. The van der Waals surface area contributed by atoms with Gasteiger partial charge in [-0.3, -0.25) is 0 Å². The summed E-state index contributed by atoms with van der Waals surface area (Å²) in [4.78, 5) is 3.80. The molecule has 0 aliphatic heterocycles. The van der Waals surface area contributed by atoms with Gasteiger partial charge in [-0.1, -0.05) is 18.1 Å². The molecule has 102 valence electrons. The van der Waals surface area contributed by atoms with E-state index in [1.165, 1.54) is 12.5 Å². The normalized spacial score (nSPS) is 12.4. The molecule has 1 atom stereocenters. The first-order valence-corrected chi connectivity index (χ1v) is 6.11. The fourth-order valence-electron chi connectivity index (χ4n) is 1.73. The molecule has 0 aliphatic rings. The monoisotopic (exact) mass is 265 g/mol. The van der Waals surface area contributed by atoms with E-state index in [0.29, 0.717) is 5.82 Å². The summed E-state index contributed by atoms with van der Waals surface area (Å²) in [6.07, 6.45) is 1.20. The van der Waals surface area contributed by atoms with Gasteiger partial charge in [-0.05, 0) is 31.2 Å². The van der Waals surface area contributed by atoms with Gasteiger partial charge < -0.3 is 14.6 Å². The van der Waals surface area contributed by atoms with E-state index in [1.807, 2.05) is 19.9 Å². The average molecular weight is 265 g/mol. The molecule has 0 radical (unpaired) electrons. The predicted octanol–water partition coefficient (Wildman–Crippen LogP) is 2.46. The minimum Gasteiger partial charge on any atom is -0.482 e. The Bertz CT molecular complexity index is 517. The lowest BCUT2D eigenvalue weighted by Gasteiger charge is -2.14. The first kappa shape index (κ1) is 13.5. The Kier molecular flexibility index (Phi) is 4.46. The van der Waals surface area contributed by atoms with Crippen molar-refractivity contribution in [3.63, 3.8) is 0 Å². The largest absolute Gasteiger partial charge is 0.482 e. The molecule has 0 amide bonds. The van der Waals surface area contributed by atoms with Gasteiger partial charge in [0.25, 0.3) is 0 Å². The lowest BCUT2D eigenvalue weighted by atomic mass is 10.1. The standard InChI is InChI=1S/C13H16FN3O2/c1-3-15-9(2)10-4-5-12(11(14)6-10)18-7-13-16-8-19-17-13/h4-6,8-9,15H,3,7H2,1-2H3. The zero-order valence-electron chi connectivity index (χ0n) is 10.9. The summed E-state index contributed by atoms with van der Waals surface area (Å²) in [5, 5.41) is 6.81. The third-order valence-corrected chi connectivity index (χ3v) is 2.73. The molecule has 0 fully saturated rings. The van der Waals surface area contributed by atoms with Crippen molar-refractivity contribution in [1.29, 1.82) is 0 Å². The van der Waals surface area contributed by atoms with Crippen LogP contribution >= 0.6 is 0 Å². The molecule has 1 aromatic carbocycles. The van der Waals surface area contributed by atoms with Crippen molar-refractivity contribution in [2.45, 2.75) is 26.5 Å². The van der Waals surface area contributed by atoms with Gasteiger partial charge in [0, 0.05) is 6.04 Å². The third-order valence-electron chi connectivity index (χ3n) is 2.73. The van der Waals surface area contributed by atoms with E-state index in [9.17, 15) is 4.39 Å². The van der Waals surface area contributed by atoms with Crippen LogP contribution in [0.15, 0.2) is 29.1 Å². The Morgan fingerprint density at radius 2 is 2.32 bits per heavy atom. The van der Waals surface area contributed by atoms with E-state index in [2.05, 4.69) is 20.0 Å². The van der Waals surface area contributed by atoms with Crippen molar-refractivity contribution in [2.75, 3.05) is 6.54 Å². The summed E-state index contributed by atoms with van der Waals surface area (Å²) >= 11 is 0. The van der Waals surface area contributed by atoms with Crippen LogP contribution in [0.25, 0.3) is 0 Å². The second-order valence-electron chi connectivity index (χ2n) is 4.11. The summed E-state index contributed by atoms with van der Waals surface area (Å²) < 4.78 is 23.7. The smallest absolute Gasteiger partial charge is 0.213 e. The van der Waals surface area contributed by atoms with Crippen molar-refractivity contribution in [1.82, 2.24) is 15.5 Å². The highest BCUT2D eigenvalue weighted by Gasteiger charge is 2.10. The van der Waals surface area contributed by atoms with Gasteiger partial charge in [0.1, 0.15) is 0 Å². The van der Waals surface area contributed by atoms with Gasteiger partial charge in [-0.2, -0.15) is 4.98 Å². The van der Waals surface area contributed by atoms with Gasteiger partial charge in [0.2, 0.25) is 12.2 Å². The molecule has 0 aliphatic carbocycles. The Morgan fingerprint density at radius 3 is 2.95 bits per heavy atom. The molecule has 2 aromatic rings. The van der Waals surface area contributed by atoms with Crippen molar-refractivity contribution in [3.8, 4) is 5.75 Å². The molecule has 2 rings (SSSR count). The van der Waals surface area contributed by atoms with Crippen LogP contribution in [-0.2, 0) is 6.61 Å². The molecule has 1 aromatic heterocycles. The Hall–Kier alpha value is -1.95. The highest BCUT2D eigenvalue weighted by atomic mass is 19.1. The van der Waals surface area contributed by atoms with E-state index in [-0.39, 0.29) is 18.4 Å². The highest BCUT2D eigenvalue weighted by molar-refractivity contribution is 5.30. The highest BCUT2D eigenvalue weighted by Crippen LogP contribution is 2.22. The molecule has 6 heteroatoms. The third kappa shape index (κ3) is 3.51. The lowest BCUT2D eigenvalue weighted by molar-refractivity contribution is 0.273. The molecular weight excluding hydrogens is 249 g/mol. The molecule has 0 saturated carbocycles. The van der Waals surface area contributed by atoms with Crippen LogP contribution in [0.2, 0.25) is 0 Å². The van der Waals surface area contributed by atoms with Crippen LogP contribution in [0.3, 0.4) is 0 Å². The quantitative estimate of drug-likeness (QED) is 0.869. The minimum absolute atomic E-state index is 0.0789. The number of nitrogens with one attached hydrogen (secondary N) is 1.